The van der Waals surface area contributed by atoms with Gasteiger partial charge in [-0.15, -0.1) is 0 Å². The van der Waals surface area contributed by atoms with Crippen LogP contribution in [-0.4, -0.2) is 4.98 Å². The molecule has 0 unspecified atom stereocenters. The average molecular weight is 245 g/mol. The molecule has 6 heteroatoms. The number of aromatic nitrogens is 1. The molecule has 0 saturated carbocycles. The third-order valence-corrected chi connectivity index (χ3v) is 2.45. The lowest BCUT2D eigenvalue weighted by Gasteiger charge is -2.07. The van der Waals surface area contributed by atoms with E-state index >= 15 is 0 Å². The van der Waals surface area contributed by atoms with Crippen LogP contribution in [0, 0.1) is 22.7 Å². The molecule has 0 radical (unpaired) electrons. The Hall–Kier alpha value is -2.50. The van der Waals surface area contributed by atoms with Crippen molar-refractivity contribution >= 4 is 17.4 Å². The Morgan fingerprint density at radius 2 is 2.00 bits per heavy atom. The average Bonchev–Trinajstić information content (AvgIpc) is 2.81. The van der Waals surface area contributed by atoms with Crippen molar-refractivity contribution in [2.45, 2.75) is 0 Å². The topological polar surface area (TPSA) is 99.6 Å². The lowest BCUT2D eigenvalue weighted by Crippen LogP contribution is -2.01. The highest BCUT2D eigenvalue weighted by Gasteiger charge is 2.20. The molecule has 0 atom stereocenters. The Kier molecular flexibility index (Phi) is 2.70. The van der Waals surface area contributed by atoms with E-state index in [9.17, 15) is 0 Å². The third kappa shape index (κ3) is 1.69. The van der Waals surface area contributed by atoms with E-state index < -0.39 is 0 Å². The minimum absolute atomic E-state index is 0.0251. The molecule has 2 N–H and O–H groups in total. The maximum atomic E-state index is 9.04. The lowest BCUT2D eigenvalue weighted by atomic mass is 10.0. The molecule has 2 aromatic heterocycles. The van der Waals surface area contributed by atoms with Crippen molar-refractivity contribution in [3.05, 3.63) is 34.7 Å². The zero-order valence-electron chi connectivity index (χ0n) is 8.44. The first-order chi connectivity index (χ1) is 8.19. The highest BCUT2D eigenvalue weighted by atomic mass is 35.5. The summed E-state index contributed by atoms with van der Waals surface area (Å²) in [6, 6.07) is 7.05. The minimum atomic E-state index is -0.0459. The molecule has 2 heterocycles. The van der Waals surface area contributed by atoms with E-state index in [-0.39, 0.29) is 27.7 Å². The summed E-state index contributed by atoms with van der Waals surface area (Å²) in [5.41, 5.74) is 6.03. The second-order valence-electron chi connectivity index (χ2n) is 3.11. The number of furan rings is 1. The normalized spacial score (nSPS) is 9.59. The Morgan fingerprint density at radius 1 is 1.29 bits per heavy atom. The Morgan fingerprint density at radius 3 is 2.53 bits per heavy atom. The molecule has 17 heavy (non-hydrogen) atoms. The number of nitriles is 2. The maximum absolute atomic E-state index is 9.04. The number of halogens is 1. The summed E-state index contributed by atoms with van der Waals surface area (Å²) in [5.74, 6) is 0.331. The van der Waals surface area contributed by atoms with Crippen LogP contribution in [0.3, 0.4) is 0 Å². The number of nitrogen functional groups attached to an aromatic ring is 1. The number of hydrogen-bond donors (Lipinski definition) is 1. The second-order valence-corrected chi connectivity index (χ2v) is 3.47. The van der Waals surface area contributed by atoms with E-state index in [2.05, 4.69) is 4.98 Å². The van der Waals surface area contributed by atoms with Crippen molar-refractivity contribution < 1.29 is 4.42 Å². The van der Waals surface area contributed by atoms with Gasteiger partial charge in [0.25, 0.3) is 0 Å². The van der Waals surface area contributed by atoms with Gasteiger partial charge in [-0.3, -0.25) is 0 Å². The quantitative estimate of drug-likeness (QED) is 0.776. The molecular formula is C11H5ClN4O. The Bertz CT molecular complexity index is 611. The van der Waals surface area contributed by atoms with Gasteiger partial charge in [0.1, 0.15) is 40.0 Å². The molecule has 0 saturated heterocycles. The van der Waals surface area contributed by atoms with E-state index in [1.54, 1.807) is 12.1 Å². The molecule has 0 aromatic carbocycles. The van der Waals surface area contributed by atoms with Gasteiger partial charge in [-0.25, -0.2) is 4.98 Å². The van der Waals surface area contributed by atoms with Crippen molar-refractivity contribution in [3.8, 4) is 23.5 Å². The maximum Gasteiger partial charge on any atom is 0.150 e. The Balaban J connectivity index is 2.89. The minimum Gasteiger partial charge on any atom is -0.464 e. The highest BCUT2D eigenvalue weighted by molar-refractivity contribution is 6.31. The molecule has 0 aliphatic rings. The first-order valence-electron chi connectivity index (χ1n) is 4.52. The zero-order chi connectivity index (χ0) is 12.4. The first-order valence-corrected chi connectivity index (χ1v) is 4.90. The number of nitrogens with zero attached hydrogens (tertiary/aromatic N) is 3. The molecule has 0 aliphatic carbocycles. The van der Waals surface area contributed by atoms with Crippen LogP contribution in [0.1, 0.15) is 11.1 Å². The fourth-order valence-corrected chi connectivity index (χ4v) is 1.68. The summed E-state index contributed by atoms with van der Waals surface area (Å²) < 4.78 is 5.17. The molecule has 0 bridgehead atoms. The molecule has 0 aliphatic heterocycles. The molecular weight excluding hydrogens is 240 g/mol. The summed E-state index contributed by atoms with van der Waals surface area (Å²) >= 11 is 5.82. The molecule has 5 nitrogen and oxygen atoms in total. The predicted molar refractivity (Wildman–Crippen MR) is 60.8 cm³/mol. The van der Waals surface area contributed by atoms with Gasteiger partial charge < -0.3 is 10.2 Å². The summed E-state index contributed by atoms with van der Waals surface area (Å²) in [6.45, 7) is 0. The number of hydrogen-bond acceptors (Lipinski definition) is 5. The van der Waals surface area contributed by atoms with Crippen LogP contribution in [0.5, 0.6) is 0 Å². The van der Waals surface area contributed by atoms with Crippen LogP contribution in [0.15, 0.2) is 22.8 Å². The largest absolute Gasteiger partial charge is 0.464 e. The standard InChI is InChI=1S/C11H5ClN4O/c12-10-6(4-13)9(8-2-1-3-17-8)7(5-14)11(15)16-10/h1-3H,(H2,15,16). The predicted octanol–water partition coefficient (Wildman–Crippen LogP) is 2.32. The van der Waals surface area contributed by atoms with Crippen LogP contribution in [-0.2, 0) is 0 Å². The van der Waals surface area contributed by atoms with Crippen LogP contribution in [0.2, 0.25) is 5.15 Å². The highest BCUT2D eigenvalue weighted by Crippen LogP contribution is 2.33. The summed E-state index contributed by atoms with van der Waals surface area (Å²) in [7, 11) is 0. The molecule has 2 rings (SSSR count). The van der Waals surface area contributed by atoms with Gasteiger partial charge in [0.2, 0.25) is 0 Å². The van der Waals surface area contributed by atoms with Gasteiger partial charge in [0.05, 0.1) is 11.8 Å². The van der Waals surface area contributed by atoms with Gasteiger partial charge >= 0.3 is 0 Å². The number of pyridine rings is 1. The number of anilines is 1. The van der Waals surface area contributed by atoms with Crippen LogP contribution in [0.4, 0.5) is 5.82 Å². The lowest BCUT2D eigenvalue weighted by molar-refractivity contribution is 0.582. The number of rotatable bonds is 1. The van der Waals surface area contributed by atoms with Crippen LogP contribution >= 0.6 is 11.6 Å². The summed E-state index contributed by atoms with van der Waals surface area (Å²) in [4.78, 5) is 3.74. The monoisotopic (exact) mass is 244 g/mol. The fraction of sp³-hybridized carbons (Fsp3) is 0. The summed E-state index contributed by atoms with van der Waals surface area (Å²) in [5, 5.41) is 18.0. The second kappa shape index (κ2) is 4.17. The SMILES string of the molecule is N#Cc1c(N)nc(Cl)c(C#N)c1-c1ccco1. The van der Waals surface area contributed by atoms with Gasteiger partial charge in [0, 0.05) is 0 Å². The van der Waals surface area contributed by atoms with E-state index in [4.69, 9.17) is 32.3 Å². The molecule has 0 fully saturated rings. The third-order valence-electron chi connectivity index (χ3n) is 2.17. The van der Waals surface area contributed by atoms with E-state index in [0.717, 1.165) is 0 Å². The molecule has 0 amide bonds. The van der Waals surface area contributed by atoms with Gasteiger partial charge in [-0.2, -0.15) is 10.5 Å². The summed E-state index contributed by atoms with van der Waals surface area (Å²) in [6.07, 6.45) is 1.43. The van der Waals surface area contributed by atoms with Crippen molar-refractivity contribution in [2.75, 3.05) is 5.73 Å². The number of nitrogens with two attached hydrogens (primary N) is 1. The molecule has 82 valence electrons. The first kappa shape index (κ1) is 11.0. The van der Waals surface area contributed by atoms with E-state index in [1.165, 1.54) is 6.26 Å². The van der Waals surface area contributed by atoms with Crippen LogP contribution in [0.25, 0.3) is 11.3 Å². The Labute approximate surface area is 102 Å². The molecule has 2 aromatic rings. The van der Waals surface area contributed by atoms with Gasteiger partial charge in [-0.1, -0.05) is 11.6 Å². The smallest absolute Gasteiger partial charge is 0.150 e. The van der Waals surface area contributed by atoms with Crippen molar-refractivity contribution in [3.63, 3.8) is 0 Å². The van der Waals surface area contributed by atoms with Crippen LogP contribution < -0.4 is 5.73 Å². The van der Waals surface area contributed by atoms with E-state index in [1.807, 2.05) is 12.1 Å². The van der Waals surface area contributed by atoms with Gasteiger partial charge in [0.15, 0.2) is 0 Å². The van der Waals surface area contributed by atoms with Crippen molar-refractivity contribution in [1.82, 2.24) is 4.98 Å². The molecule has 0 spiro atoms. The fourth-order valence-electron chi connectivity index (χ4n) is 1.46. The van der Waals surface area contributed by atoms with Crippen molar-refractivity contribution in [1.29, 1.82) is 10.5 Å². The van der Waals surface area contributed by atoms with Crippen molar-refractivity contribution in [2.24, 2.45) is 0 Å². The van der Waals surface area contributed by atoms with Gasteiger partial charge in [-0.05, 0) is 12.1 Å². The van der Waals surface area contributed by atoms with E-state index in [0.29, 0.717) is 5.76 Å². The zero-order valence-corrected chi connectivity index (χ0v) is 9.19.